The van der Waals surface area contributed by atoms with Crippen LogP contribution in [0.1, 0.15) is 43.2 Å². The quantitative estimate of drug-likeness (QED) is 0.600. The zero-order valence-corrected chi connectivity index (χ0v) is 19.1. The van der Waals surface area contributed by atoms with Gasteiger partial charge in [-0.25, -0.2) is 8.42 Å². The third-order valence-electron chi connectivity index (χ3n) is 6.18. The number of carbonyl (C=O) groups excluding carboxylic acids is 1. The number of sulfone groups is 1. The number of hydrogen-bond donors (Lipinski definition) is 1. The van der Waals surface area contributed by atoms with Gasteiger partial charge in [-0.1, -0.05) is 55.3 Å². The molecule has 1 fully saturated rings. The van der Waals surface area contributed by atoms with Crippen molar-refractivity contribution in [3.8, 4) is 6.07 Å². The SMILES string of the molecule is N#CCC1(C(N)=O)CCCCC1CS(=O)(=O)c1ccc(CSCc2ccccc2)cc1. The Morgan fingerprint density at radius 3 is 2.32 bits per heavy atom. The smallest absolute Gasteiger partial charge is 0.224 e. The third-order valence-corrected chi connectivity index (χ3v) is 9.08. The molecule has 1 aliphatic rings. The molecular formula is C24H28N2O3S2. The lowest BCUT2D eigenvalue weighted by molar-refractivity contribution is -0.132. The monoisotopic (exact) mass is 456 g/mol. The van der Waals surface area contributed by atoms with Crippen molar-refractivity contribution in [2.45, 2.75) is 48.5 Å². The maximum absolute atomic E-state index is 13.1. The Morgan fingerprint density at radius 1 is 1.06 bits per heavy atom. The Bertz CT molecular complexity index is 1030. The van der Waals surface area contributed by atoms with Crippen LogP contribution in [-0.2, 0) is 26.1 Å². The van der Waals surface area contributed by atoms with Gasteiger partial charge in [-0.05, 0) is 42.0 Å². The molecule has 3 rings (SSSR count). The number of nitriles is 1. The van der Waals surface area contributed by atoms with Crippen LogP contribution in [0.4, 0.5) is 0 Å². The van der Waals surface area contributed by atoms with Crippen molar-refractivity contribution < 1.29 is 13.2 Å². The summed E-state index contributed by atoms with van der Waals surface area (Å²) in [5.74, 6) is 0.561. The van der Waals surface area contributed by atoms with Crippen LogP contribution in [0.25, 0.3) is 0 Å². The highest BCUT2D eigenvalue weighted by Crippen LogP contribution is 2.45. The summed E-state index contributed by atoms with van der Waals surface area (Å²) in [5.41, 5.74) is 6.93. The number of benzene rings is 2. The fourth-order valence-corrected chi connectivity index (χ4v) is 7.07. The highest BCUT2D eigenvalue weighted by atomic mass is 32.2. The molecule has 0 heterocycles. The molecule has 0 spiro atoms. The maximum atomic E-state index is 13.1. The van der Waals surface area contributed by atoms with E-state index in [0.29, 0.717) is 12.8 Å². The van der Waals surface area contributed by atoms with E-state index in [1.54, 1.807) is 23.9 Å². The highest BCUT2D eigenvalue weighted by molar-refractivity contribution is 7.97. The number of rotatable bonds is 9. The largest absolute Gasteiger partial charge is 0.369 e. The average molecular weight is 457 g/mol. The number of carbonyl (C=O) groups is 1. The Hall–Kier alpha value is -2.30. The minimum absolute atomic E-state index is 0.0277. The number of hydrogen-bond acceptors (Lipinski definition) is 5. The molecule has 0 saturated heterocycles. The van der Waals surface area contributed by atoms with Crippen LogP contribution in [0.3, 0.4) is 0 Å². The molecule has 2 aromatic rings. The molecule has 5 nitrogen and oxygen atoms in total. The summed E-state index contributed by atoms with van der Waals surface area (Å²) in [6.45, 7) is 0. The number of primary amides is 1. The van der Waals surface area contributed by atoms with Crippen LogP contribution >= 0.6 is 11.8 Å². The van der Waals surface area contributed by atoms with Crippen LogP contribution in [0.5, 0.6) is 0 Å². The molecule has 0 aliphatic heterocycles. The first kappa shape index (κ1) is 23.4. The molecule has 0 aromatic heterocycles. The standard InChI is InChI=1S/C24H28N2O3S2/c25-15-14-24(23(26)27)13-5-4-8-21(24)18-31(28,29)22-11-9-20(10-12-22)17-30-16-19-6-2-1-3-7-19/h1-3,6-7,9-12,21H,4-5,8,13-14,16-18H2,(H2,26,27). The van der Waals surface area contributed by atoms with Gasteiger partial charge in [0, 0.05) is 17.9 Å². The van der Waals surface area contributed by atoms with Gasteiger partial charge in [0.2, 0.25) is 5.91 Å². The van der Waals surface area contributed by atoms with E-state index in [1.807, 2.05) is 30.3 Å². The molecule has 1 saturated carbocycles. The van der Waals surface area contributed by atoms with E-state index in [0.717, 1.165) is 29.9 Å². The second kappa shape index (κ2) is 10.3. The summed E-state index contributed by atoms with van der Waals surface area (Å²) in [6, 6.07) is 19.3. The Morgan fingerprint density at radius 2 is 1.71 bits per heavy atom. The molecule has 2 N–H and O–H groups in total. The molecular weight excluding hydrogens is 428 g/mol. The first-order valence-electron chi connectivity index (χ1n) is 10.5. The topological polar surface area (TPSA) is 101 Å². The zero-order valence-electron chi connectivity index (χ0n) is 17.5. The molecule has 0 radical (unpaired) electrons. The normalized spacial score (nSPS) is 21.3. The fraction of sp³-hybridized carbons (Fsp3) is 0.417. The lowest BCUT2D eigenvalue weighted by Gasteiger charge is -2.40. The number of amides is 1. The lowest BCUT2D eigenvalue weighted by Crippen LogP contribution is -2.47. The number of nitrogens with zero attached hydrogens (tertiary/aromatic N) is 1. The molecule has 2 aromatic carbocycles. The van der Waals surface area contributed by atoms with Gasteiger partial charge in [-0.3, -0.25) is 4.79 Å². The van der Waals surface area contributed by atoms with Crippen molar-refractivity contribution in [2.24, 2.45) is 17.1 Å². The second-order valence-electron chi connectivity index (χ2n) is 8.20. The molecule has 7 heteroatoms. The van der Waals surface area contributed by atoms with Gasteiger partial charge >= 0.3 is 0 Å². The van der Waals surface area contributed by atoms with Crippen LogP contribution in [0.2, 0.25) is 0 Å². The average Bonchev–Trinajstić information content (AvgIpc) is 2.76. The van der Waals surface area contributed by atoms with Crippen molar-refractivity contribution >= 4 is 27.5 Å². The van der Waals surface area contributed by atoms with E-state index in [-0.39, 0.29) is 17.1 Å². The first-order chi connectivity index (χ1) is 14.9. The second-order valence-corrected chi connectivity index (χ2v) is 11.2. The lowest BCUT2D eigenvalue weighted by atomic mass is 9.65. The highest BCUT2D eigenvalue weighted by Gasteiger charge is 2.47. The summed E-state index contributed by atoms with van der Waals surface area (Å²) in [7, 11) is -3.59. The van der Waals surface area contributed by atoms with Crippen molar-refractivity contribution in [1.82, 2.24) is 0 Å². The summed E-state index contributed by atoms with van der Waals surface area (Å²) in [6.07, 6.45) is 2.68. The van der Waals surface area contributed by atoms with Gasteiger partial charge in [0.05, 0.1) is 22.1 Å². The van der Waals surface area contributed by atoms with Gasteiger partial charge in [0.1, 0.15) is 0 Å². The van der Waals surface area contributed by atoms with Gasteiger partial charge in [0.15, 0.2) is 9.84 Å². The van der Waals surface area contributed by atoms with Gasteiger partial charge in [-0.2, -0.15) is 17.0 Å². The predicted octanol–water partition coefficient (Wildman–Crippen LogP) is 4.47. The third kappa shape index (κ3) is 5.69. The molecule has 2 unspecified atom stereocenters. The fourth-order valence-electron chi connectivity index (χ4n) is 4.35. The van der Waals surface area contributed by atoms with Gasteiger partial charge in [0.25, 0.3) is 0 Å². The van der Waals surface area contributed by atoms with Crippen LogP contribution in [0, 0.1) is 22.7 Å². The minimum atomic E-state index is -3.59. The van der Waals surface area contributed by atoms with Crippen molar-refractivity contribution in [1.29, 1.82) is 5.26 Å². The zero-order chi connectivity index (χ0) is 22.3. The van der Waals surface area contributed by atoms with Crippen molar-refractivity contribution in [2.75, 3.05) is 5.75 Å². The minimum Gasteiger partial charge on any atom is -0.369 e. The van der Waals surface area contributed by atoms with E-state index in [4.69, 9.17) is 5.73 Å². The molecule has 1 aliphatic carbocycles. The van der Waals surface area contributed by atoms with E-state index in [2.05, 4.69) is 18.2 Å². The van der Waals surface area contributed by atoms with Crippen LogP contribution in [0.15, 0.2) is 59.5 Å². The van der Waals surface area contributed by atoms with E-state index in [1.165, 1.54) is 5.56 Å². The number of nitrogens with two attached hydrogens (primary N) is 1. The molecule has 0 bridgehead atoms. The summed E-state index contributed by atoms with van der Waals surface area (Å²) < 4.78 is 26.2. The summed E-state index contributed by atoms with van der Waals surface area (Å²) >= 11 is 1.78. The molecule has 31 heavy (non-hydrogen) atoms. The maximum Gasteiger partial charge on any atom is 0.224 e. The van der Waals surface area contributed by atoms with Crippen LogP contribution < -0.4 is 5.73 Å². The Balaban J connectivity index is 1.67. The van der Waals surface area contributed by atoms with Crippen molar-refractivity contribution in [3.05, 3.63) is 65.7 Å². The Kier molecular flexibility index (Phi) is 7.79. The summed E-state index contributed by atoms with van der Waals surface area (Å²) in [4.78, 5) is 12.5. The predicted molar refractivity (Wildman–Crippen MR) is 124 cm³/mol. The van der Waals surface area contributed by atoms with Crippen molar-refractivity contribution in [3.63, 3.8) is 0 Å². The van der Waals surface area contributed by atoms with Gasteiger partial charge in [-0.15, -0.1) is 0 Å². The van der Waals surface area contributed by atoms with Gasteiger partial charge < -0.3 is 5.73 Å². The molecule has 1 amide bonds. The summed E-state index contributed by atoms with van der Waals surface area (Å²) in [5, 5.41) is 9.23. The Labute approximate surface area is 189 Å². The van der Waals surface area contributed by atoms with E-state index in [9.17, 15) is 18.5 Å². The molecule has 2 atom stereocenters. The van der Waals surface area contributed by atoms with E-state index >= 15 is 0 Å². The number of thioether (sulfide) groups is 1. The first-order valence-corrected chi connectivity index (χ1v) is 13.3. The molecule has 164 valence electrons. The van der Waals surface area contributed by atoms with Crippen LogP contribution in [-0.4, -0.2) is 20.1 Å². The van der Waals surface area contributed by atoms with E-state index < -0.39 is 27.1 Å².